The van der Waals surface area contributed by atoms with E-state index in [-0.39, 0.29) is 68.6 Å². The summed E-state index contributed by atoms with van der Waals surface area (Å²) in [5.41, 5.74) is -3.43. The topological polar surface area (TPSA) is 222 Å². The lowest BCUT2D eigenvalue weighted by Gasteiger charge is -2.49. The summed E-state index contributed by atoms with van der Waals surface area (Å²) in [5.74, 6) is -3.36. The van der Waals surface area contributed by atoms with Crippen molar-refractivity contribution < 1.29 is 76.4 Å². The summed E-state index contributed by atoms with van der Waals surface area (Å²) in [6, 6.07) is 5.11. The molecule has 4 heterocycles. The molecule has 4 aliphatic heterocycles. The van der Waals surface area contributed by atoms with E-state index in [0.29, 0.717) is 19.4 Å². The average molecular weight is 1010 g/mol. The van der Waals surface area contributed by atoms with Crippen molar-refractivity contribution in [2.75, 3.05) is 41.3 Å². The molecular formula is C51H83FN4O15. The van der Waals surface area contributed by atoms with Gasteiger partial charge in [-0.15, -0.1) is 0 Å². The van der Waals surface area contributed by atoms with Crippen LogP contribution >= 0.6 is 0 Å². The summed E-state index contributed by atoms with van der Waals surface area (Å²) < 4.78 is 69.8. The molecule has 0 aromatic heterocycles. The van der Waals surface area contributed by atoms with Crippen LogP contribution in [0.15, 0.2) is 24.3 Å². The Labute approximate surface area is 419 Å². The molecule has 4 aliphatic rings. The fraction of sp³-hybridized carbons (Fsp3) is 0.804. The largest absolute Gasteiger partial charge is 0.509 e. The first-order chi connectivity index (χ1) is 33.2. The maximum absolute atomic E-state index is 14.7. The Kier molecular flexibility index (Phi) is 20.1. The van der Waals surface area contributed by atoms with Crippen LogP contribution in [0.5, 0.6) is 0 Å². The fourth-order valence-corrected chi connectivity index (χ4v) is 11.0. The zero-order valence-corrected chi connectivity index (χ0v) is 44.3. The molecule has 2 amide bonds. The van der Waals surface area contributed by atoms with Gasteiger partial charge in [-0.2, -0.15) is 0 Å². The zero-order valence-electron chi connectivity index (χ0n) is 44.3. The summed E-state index contributed by atoms with van der Waals surface area (Å²) in [7, 11) is 7.13. The number of halogens is 1. The number of nitrogens with one attached hydrogen (secondary N) is 2. The normalized spacial score (nSPS) is 39.8. The highest BCUT2D eigenvalue weighted by molar-refractivity contribution is 5.76. The molecule has 0 aliphatic carbocycles. The minimum absolute atomic E-state index is 0.0191. The summed E-state index contributed by atoms with van der Waals surface area (Å²) >= 11 is 0. The Balaban J connectivity index is 1.40. The maximum atomic E-state index is 14.7. The first-order valence-electron chi connectivity index (χ1n) is 25.2. The molecule has 4 fully saturated rings. The van der Waals surface area contributed by atoms with Gasteiger partial charge in [-0.3, -0.25) is 14.5 Å². The first-order valence-corrected chi connectivity index (χ1v) is 25.2. The van der Waals surface area contributed by atoms with E-state index in [2.05, 4.69) is 10.6 Å². The van der Waals surface area contributed by atoms with Crippen LogP contribution in [0.3, 0.4) is 0 Å². The second kappa shape index (κ2) is 24.5. The predicted octanol–water partition coefficient (Wildman–Crippen LogP) is 5.05. The number of cyclic esters (lactones) is 1. The first kappa shape index (κ1) is 58.2. The molecule has 0 radical (unpaired) electrons. The highest BCUT2D eigenvalue weighted by Crippen LogP contribution is 2.42. The second-order valence-corrected chi connectivity index (χ2v) is 21.4. The summed E-state index contributed by atoms with van der Waals surface area (Å²) in [6.07, 6.45) is -9.52. The quantitative estimate of drug-likeness (QED) is 0.109. The van der Waals surface area contributed by atoms with Crippen LogP contribution in [-0.4, -0.2) is 176 Å². The molecule has 18 atom stereocenters. The molecular weight excluding hydrogens is 928 g/mol. The Morgan fingerprint density at radius 3 is 2.27 bits per heavy atom. The fourth-order valence-electron chi connectivity index (χ4n) is 11.0. The SMILES string of the molecule is CC[C@H]1OC(=O)[C@H](C)[C@H](O[C@H]2C[C@@](C)(OC)[C@@H](OC(=O)NCCCC(=O)NCc3ccc(F)cc3)[C@H](C)O2)[C@H](C)[C@@H](O[C@@H]2O[C@H](C)C[C@H](N(C)C)[C@H]2O)[C@@](C)(O)C[C@@H](C)CN(C)[C@H](C)[C@H]2OC(=O)O[C@@]21C. The molecule has 4 saturated heterocycles. The van der Waals surface area contributed by atoms with E-state index in [1.807, 2.05) is 58.6 Å². The molecule has 0 saturated carbocycles. The summed E-state index contributed by atoms with van der Waals surface area (Å²) in [5, 5.41) is 30.0. The molecule has 1 aromatic carbocycles. The number of carbonyl (C=O) groups is 4. The number of likely N-dealkylation sites (N-methyl/N-ethyl adjacent to an activating group) is 2. The van der Waals surface area contributed by atoms with Gasteiger partial charge in [0.1, 0.15) is 23.6 Å². The number of rotatable bonds is 14. The smallest absolute Gasteiger partial charge is 0.458 e. The van der Waals surface area contributed by atoms with E-state index in [9.17, 15) is 33.8 Å². The van der Waals surface area contributed by atoms with Crippen molar-refractivity contribution in [2.24, 2.45) is 17.8 Å². The number of nitrogens with zero attached hydrogens (tertiary/aromatic N) is 2. The number of esters is 1. The number of methoxy groups -OCH3 is 1. The van der Waals surface area contributed by atoms with Gasteiger partial charge in [0.25, 0.3) is 0 Å². The van der Waals surface area contributed by atoms with Gasteiger partial charge in [0.2, 0.25) is 5.91 Å². The van der Waals surface area contributed by atoms with E-state index in [4.69, 9.17) is 42.6 Å². The van der Waals surface area contributed by atoms with Gasteiger partial charge in [-0.1, -0.05) is 32.9 Å². The van der Waals surface area contributed by atoms with Gasteiger partial charge in [0, 0.05) is 57.6 Å². The number of amides is 2. The van der Waals surface area contributed by atoms with Crippen molar-refractivity contribution in [1.29, 1.82) is 0 Å². The van der Waals surface area contributed by atoms with Gasteiger partial charge in [-0.05, 0) is 119 Å². The molecule has 0 spiro atoms. The number of fused-ring (bicyclic) bond motifs is 1. The van der Waals surface area contributed by atoms with Crippen molar-refractivity contribution in [1.82, 2.24) is 20.4 Å². The molecule has 19 nitrogen and oxygen atoms in total. The van der Waals surface area contributed by atoms with Gasteiger partial charge in [0.15, 0.2) is 30.4 Å². The number of aliphatic hydroxyl groups is 2. The van der Waals surface area contributed by atoms with Crippen molar-refractivity contribution in [2.45, 2.75) is 205 Å². The number of aliphatic hydroxyl groups excluding tert-OH is 1. The van der Waals surface area contributed by atoms with Crippen LogP contribution in [0.2, 0.25) is 0 Å². The number of alkyl carbamates (subject to hydrolysis) is 1. The van der Waals surface area contributed by atoms with Crippen LogP contribution in [0, 0.1) is 23.6 Å². The highest BCUT2D eigenvalue weighted by Gasteiger charge is 2.58. The van der Waals surface area contributed by atoms with Gasteiger partial charge >= 0.3 is 18.2 Å². The number of hydrogen-bond acceptors (Lipinski definition) is 17. The van der Waals surface area contributed by atoms with Gasteiger partial charge < -0.3 is 68.4 Å². The van der Waals surface area contributed by atoms with Crippen molar-refractivity contribution in [3.05, 3.63) is 35.6 Å². The molecule has 0 bridgehead atoms. The minimum Gasteiger partial charge on any atom is -0.458 e. The van der Waals surface area contributed by atoms with Crippen LogP contribution in [-0.2, 0) is 58.8 Å². The predicted molar refractivity (Wildman–Crippen MR) is 257 cm³/mol. The zero-order chi connectivity index (χ0) is 52.7. The molecule has 0 unspecified atom stereocenters. The van der Waals surface area contributed by atoms with Crippen LogP contribution in [0.25, 0.3) is 0 Å². The molecule has 404 valence electrons. The third-order valence-corrected chi connectivity index (χ3v) is 15.1. The third kappa shape index (κ3) is 14.3. The lowest BCUT2D eigenvalue weighted by atomic mass is 9.77. The van der Waals surface area contributed by atoms with Crippen molar-refractivity contribution in [3.63, 3.8) is 0 Å². The summed E-state index contributed by atoms with van der Waals surface area (Å²) in [6.45, 7) is 18.8. The monoisotopic (exact) mass is 1010 g/mol. The maximum Gasteiger partial charge on any atom is 0.509 e. The third-order valence-electron chi connectivity index (χ3n) is 15.1. The van der Waals surface area contributed by atoms with E-state index in [1.165, 1.54) is 19.2 Å². The molecule has 4 N–H and O–H groups in total. The van der Waals surface area contributed by atoms with Crippen molar-refractivity contribution in [3.8, 4) is 0 Å². The lowest BCUT2D eigenvalue weighted by Crippen LogP contribution is -2.61. The number of ether oxygens (including phenoxy) is 9. The minimum atomic E-state index is -1.63. The highest BCUT2D eigenvalue weighted by atomic mass is 19.1. The molecule has 20 heteroatoms. The van der Waals surface area contributed by atoms with Gasteiger partial charge in [-0.25, -0.2) is 14.0 Å². The van der Waals surface area contributed by atoms with Crippen LogP contribution < -0.4 is 10.6 Å². The number of carbonyl (C=O) groups excluding carboxylic acids is 4. The van der Waals surface area contributed by atoms with Crippen LogP contribution in [0.1, 0.15) is 113 Å². The Hall–Kier alpha value is -3.73. The van der Waals surface area contributed by atoms with Crippen molar-refractivity contribution >= 4 is 24.1 Å². The van der Waals surface area contributed by atoms with E-state index < -0.39 is 108 Å². The van der Waals surface area contributed by atoms with E-state index >= 15 is 0 Å². The van der Waals surface area contributed by atoms with Gasteiger partial charge in [0.05, 0.1) is 35.9 Å². The molecule has 71 heavy (non-hydrogen) atoms. The van der Waals surface area contributed by atoms with E-state index in [0.717, 1.165) is 5.56 Å². The Morgan fingerprint density at radius 2 is 1.63 bits per heavy atom. The Morgan fingerprint density at radius 1 is 0.958 bits per heavy atom. The summed E-state index contributed by atoms with van der Waals surface area (Å²) in [4.78, 5) is 57.2. The lowest BCUT2D eigenvalue weighted by molar-refractivity contribution is -0.317. The van der Waals surface area contributed by atoms with E-state index in [1.54, 1.807) is 53.7 Å². The standard InChI is InChI=1S/C51H83FN4O15/c1-15-37-51(10)43(70-48(61)71-51)32(6)56(13)27-28(2)24-49(8,62)42(68-46-40(58)36(55(11)12)23-29(3)64-46)30(4)41(31(5)45(59)66-37)67-39-25-50(9,63-14)44(33(7)65-39)69-47(60)53-22-16-17-38(57)54-26-34-18-20-35(52)21-19-34/h18-21,28-33,36-37,39-44,46,58,62H,15-17,22-27H2,1-14H3,(H,53,60)(H,54,57)/t28-,29-,30+,31-,32-,33+,36+,37-,39+,40-,41-,42-,43-,44+,46+,49+,50-,51-/m1/s1. The Bertz CT molecular complexity index is 1930. The number of benzene rings is 1. The van der Waals surface area contributed by atoms with Crippen LogP contribution in [0.4, 0.5) is 14.0 Å². The molecule has 1 aromatic rings. The number of hydrogen-bond donors (Lipinski definition) is 4. The molecule has 5 rings (SSSR count). The second-order valence-electron chi connectivity index (χ2n) is 21.4. The average Bonchev–Trinajstić information content (AvgIpc) is 3.62.